The summed E-state index contributed by atoms with van der Waals surface area (Å²) in [6.45, 7) is 6.37. The van der Waals surface area contributed by atoms with Crippen molar-refractivity contribution in [3.05, 3.63) is 71.4 Å². The Labute approximate surface area is 186 Å². The smallest absolute Gasteiger partial charge is 0.252 e. The highest BCUT2D eigenvalue weighted by atomic mass is 32.2. The van der Waals surface area contributed by atoms with Gasteiger partial charge in [-0.1, -0.05) is 35.5 Å². The lowest BCUT2D eigenvalue weighted by atomic mass is 10.1. The molecule has 1 aliphatic rings. The number of aromatic nitrogens is 2. The first kappa shape index (κ1) is 21.4. The molecule has 8 heteroatoms. The van der Waals surface area contributed by atoms with Crippen LogP contribution in [0.25, 0.3) is 0 Å². The minimum atomic E-state index is -0.0852. The molecule has 1 fully saturated rings. The maximum Gasteiger partial charge on any atom is 0.252 e. The van der Waals surface area contributed by atoms with Gasteiger partial charge < -0.3 is 19.6 Å². The van der Waals surface area contributed by atoms with Gasteiger partial charge in [-0.25, -0.2) is 0 Å². The van der Waals surface area contributed by atoms with Crippen LogP contribution >= 0.6 is 11.8 Å². The molecule has 0 spiro atoms. The number of carbonyl (C=O) groups is 1. The minimum absolute atomic E-state index is 0.0852. The number of rotatable bonds is 7. The van der Waals surface area contributed by atoms with Crippen molar-refractivity contribution >= 4 is 23.4 Å². The molecular weight excluding hydrogens is 410 g/mol. The molecule has 2 heterocycles. The molecule has 0 atom stereocenters. The maximum absolute atomic E-state index is 13.0. The van der Waals surface area contributed by atoms with Crippen LogP contribution in [0.15, 0.2) is 57.9 Å². The van der Waals surface area contributed by atoms with E-state index in [0.29, 0.717) is 29.6 Å². The van der Waals surface area contributed by atoms with Gasteiger partial charge in [0.2, 0.25) is 5.89 Å². The topological polar surface area (TPSA) is 74.5 Å². The van der Waals surface area contributed by atoms with Crippen LogP contribution in [0.5, 0.6) is 0 Å². The first-order chi connectivity index (χ1) is 15.1. The number of amides is 1. The third kappa shape index (κ3) is 5.45. The third-order valence-corrected chi connectivity index (χ3v) is 6.39. The highest BCUT2D eigenvalue weighted by Gasteiger charge is 2.18. The summed E-state index contributed by atoms with van der Waals surface area (Å²) < 4.78 is 5.18. The molecule has 0 aliphatic carbocycles. The molecule has 3 aromatic rings. The van der Waals surface area contributed by atoms with E-state index in [9.17, 15) is 4.79 Å². The lowest BCUT2D eigenvalue weighted by Gasteiger charge is -2.35. The Bertz CT molecular complexity index is 1030. The van der Waals surface area contributed by atoms with Crippen molar-refractivity contribution in [2.75, 3.05) is 38.1 Å². The van der Waals surface area contributed by atoms with Crippen molar-refractivity contribution in [3.8, 4) is 0 Å². The number of thioether (sulfide) groups is 1. The second-order valence-corrected chi connectivity index (χ2v) is 8.64. The number of anilines is 1. The Morgan fingerprint density at radius 3 is 2.61 bits per heavy atom. The summed E-state index contributed by atoms with van der Waals surface area (Å²) in [5, 5.41) is 6.92. The van der Waals surface area contributed by atoms with Crippen LogP contribution in [-0.4, -0.2) is 54.2 Å². The van der Waals surface area contributed by atoms with E-state index >= 15 is 0 Å². The van der Waals surface area contributed by atoms with E-state index in [1.807, 2.05) is 30.3 Å². The van der Waals surface area contributed by atoms with E-state index in [4.69, 9.17) is 4.52 Å². The van der Waals surface area contributed by atoms with E-state index < -0.39 is 0 Å². The van der Waals surface area contributed by atoms with Crippen LogP contribution in [0.4, 0.5) is 5.69 Å². The molecule has 0 bridgehead atoms. The Morgan fingerprint density at radius 1 is 1.10 bits per heavy atom. The summed E-state index contributed by atoms with van der Waals surface area (Å²) in [4.78, 5) is 22.8. The van der Waals surface area contributed by atoms with Crippen molar-refractivity contribution in [1.82, 2.24) is 20.4 Å². The lowest BCUT2D eigenvalue weighted by Crippen LogP contribution is -2.45. The zero-order chi connectivity index (χ0) is 21.6. The van der Waals surface area contributed by atoms with E-state index in [1.54, 1.807) is 6.92 Å². The highest BCUT2D eigenvalue weighted by Crippen LogP contribution is 2.26. The monoisotopic (exact) mass is 437 g/mol. The molecule has 1 aliphatic heterocycles. The van der Waals surface area contributed by atoms with Crippen molar-refractivity contribution in [1.29, 1.82) is 0 Å². The van der Waals surface area contributed by atoms with Crippen LogP contribution in [0.3, 0.4) is 0 Å². The van der Waals surface area contributed by atoms with Crippen molar-refractivity contribution in [2.24, 2.45) is 0 Å². The number of hydrogen-bond donors (Lipinski definition) is 1. The summed E-state index contributed by atoms with van der Waals surface area (Å²) in [6.07, 6.45) is 0. The minimum Gasteiger partial charge on any atom is -0.369 e. The number of hydrogen-bond acceptors (Lipinski definition) is 7. The predicted molar refractivity (Wildman–Crippen MR) is 122 cm³/mol. The number of nitrogens with one attached hydrogen (secondary N) is 1. The van der Waals surface area contributed by atoms with Gasteiger partial charge in [-0.3, -0.25) is 4.79 Å². The Hall–Kier alpha value is -2.84. The van der Waals surface area contributed by atoms with Gasteiger partial charge in [0, 0.05) is 43.3 Å². The zero-order valence-corrected chi connectivity index (χ0v) is 18.7. The molecule has 1 saturated heterocycles. The van der Waals surface area contributed by atoms with Gasteiger partial charge in [-0.15, -0.1) is 11.8 Å². The molecule has 4 rings (SSSR count). The molecule has 0 radical (unpaired) electrons. The van der Waals surface area contributed by atoms with Crippen LogP contribution in [0, 0.1) is 6.92 Å². The summed E-state index contributed by atoms with van der Waals surface area (Å²) in [7, 11) is 2.15. The predicted octanol–water partition coefficient (Wildman–Crippen LogP) is 3.35. The standard InChI is InChI=1S/C23H27N5O2S/c1-17-25-22(30-26-17)16-31-21-10-6-4-8-19(21)23(29)24-15-18-7-3-5-9-20(18)28-13-11-27(2)12-14-28/h3-10H,11-16H2,1-2H3,(H,24,29). The molecular formula is C23H27N5O2S. The number of carbonyl (C=O) groups excluding carboxylic acids is 1. The fourth-order valence-corrected chi connectivity index (χ4v) is 4.49. The molecule has 7 nitrogen and oxygen atoms in total. The van der Waals surface area contributed by atoms with Crippen LogP contribution in [-0.2, 0) is 12.3 Å². The van der Waals surface area contributed by atoms with E-state index in [-0.39, 0.29) is 5.91 Å². The second kappa shape index (κ2) is 9.98. The Kier molecular flexibility index (Phi) is 6.89. The number of nitrogens with zero attached hydrogens (tertiary/aromatic N) is 4. The summed E-state index contributed by atoms with van der Waals surface area (Å²) in [5.74, 6) is 1.61. The van der Waals surface area contributed by atoms with Gasteiger partial charge in [-0.05, 0) is 37.7 Å². The fourth-order valence-electron chi connectivity index (χ4n) is 3.61. The van der Waals surface area contributed by atoms with Crippen LogP contribution in [0.1, 0.15) is 27.6 Å². The molecule has 0 unspecified atom stereocenters. The van der Waals surface area contributed by atoms with Crippen LogP contribution in [0.2, 0.25) is 0 Å². The third-order valence-electron chi connectivity index (χ3n) is 5.33. The van der Waals surface area contributed by atoms with Gasteiger partial charge >= 0.3 is 0 Å². The van der Waals surface area contributed by atoms with Crippen molar-refractivity contribution in [3.63, 3.8) is 0 Å². The largest absolute Gasteiger partial charge is 0.369 e. The molecule has 0 saturated carbocycles. The van der Waals surface area contributed by atoms with Crippen molar-refractivity contribution in [2.45, 2.75) is 24.1 Å². The lowest BCUT2D eigenvalue weighted by molar-refractivity contribution is 0.0948. The number of benzene rings is 2. The molecule has 2 aromatic carbocycles. The SMILES string of the molecule is Cc1noc(CSc2ccccc2C(=O)NCc2ccccc2N2CCN(C)CC2)n1. The Balaban J connectivity index is 1.42. The quantitative estimate of drug-likeness (QED) is 0.568. The molecule has 1 aromatic heterocycles. The van der Waals surface area contributed by atoms with Gasteiger partial charge in [-0.2, -0.15) is 4.98 Å². The summed E-state index contributed by atoms with van der Waals surface area (Å²) in [6, 6.07) is 15.9. The fraction of sp³-hybridized carbons (Fsp3) is 0.348. The molecule has 1 amide bonds. The van der Waals surface area contributed by atoms with Gasteiger partial charge in [0.1, 0.15) is 0 Å². The summed E-state index contributed by atoms with van der Waals surface area (Å²) >= 11 is 1.52. The number of para-hydroxylation sites is 1. The number of aryl methyl sites for hydroxylation is 1. The highest BCUT2D eigenvalue weighted by molar-refractivity contribution is 7.98. The first-order valence-electron chi connectivity index (χ1n) is 10.4. The maximum atomic E-state index is 13.0. The average molecular weight is 438 g/mol. The van der Waals surface area contributed by atoms with E-state index in [0.717, 1.165) is 36.6 Å². The normalized spacial score (nSPS) is 14.6. The van der Waals surface area contributed by atoms with Crippen molar-refractivity contribution < 1.29 is 9.32 Å². The number of piperazine rings is 1. The molecule has 162 valence electrons. The zero-order valence-electron chi connectivity index (χ0n) is 17.9. The second-order valence-electron chi connectivity index (χ2n) is 7.62. The van der Waals surface area contributed by atoms with E-state index in [1.165, 1.54) is 17.4 Å². The van der Waals surface area contributed by atoms with Gasteiger partial charge in [0.15, 0.2) is 5.82 Å². The van der Waals surface area contributed by atoms with Gasteiger partial charge in [0.25, 0.3) is 5.91 Å². The van der Waals surface area contributed by atoms with E-state index in [2.05, 4.69) is 50.5 Å². The van der Waals surface area contributed by atoms with Gasteiger partial charge in [0.05, 0.1) is 11.3 Å². The average Bonchev–Trinajstić information content (AvgIpc) is 3.22. The van der Waals surface area contributed by atoms with Crippen LogP contribution < -0.4 is 10.2 Å². The number of likely N-dealkylation sites (N-methyl/N-ethyl adjacent to an activating group) is 1. The molecule has 1 N–H and O–H groups in total. The molecule has 31 heavy (non-hydrogen) atoms. The Morgan fingerprint density at radius 2 is 1.84 bits per heavy atom. The summed E-state index contributed by atoms with van der Waals surface area (Å²) in [5.41, 5.74) is 2.98. The first-order valence-corrected chi connectivity index (χ1v) is 11.4.